The molecule has 2 aromatic rings. The van der Waals surface area contributed by atoms with Crippen molar-refractivity contribution in [3.05, 3.63) is 70.7 Å². The quantitative estimate of drug-likeness (QED) is 0.693. The highest BCUT2D eigenvalue weighted by Crippen LogP contribution is 2.44. The molecule has 1 aliphatic rings. The van der Waals surface area contributed by atoms with Crippen LogP contribution in [0.1, 0.15) is 22.0 Å². The van der Waals surface area contributed by atoms with Gasteiger partial charge in [-0.15, -0.1) is 0 Å². The summed E-state index contributed by atoms with van der Waals surface area (Å²) in [7, 11) is 0. The second-order valence-electron chi connectivity index (χ2n) is 6.10. The maximum Gasteiger partial charge on any atom is 0.437 e. The second-order valence-corrected chi connectivity index (χ2v) is 6.54. The maximum absolute atomic E-state index is 13.7. The Bertz CT molecular complexity index is 876. The fourth-order valence-electron chi connectivity index (χ4n) is 3.10. The molecule has 0 bridgehead atoms. The van der Waals surface area contributed by atoms with Crippen molar-refractivity contribution in [2.45, 2.75) is 17.9 Å². The molecule has 27 heavy (non-hydrogen) atoms. The van der Waals surface area contributed by atoms with E-state index < -0.39 is 35.7 Å². The number of aliphatic hydroxyl groups is 1. The lowest BCUT2D eigenvalue weighted by molar-refractivity contribution is -0.287. The van der Waals surface area contributed by atoms with Crippen LogP contribution in [0.4, 0.5) is 18.0 Å². The molecule has 0 saturated carbocycles. The highest BCUT2D eigenvalue weighted by Gasteiger charge is 2.66. The molecule has 1 fully saturated rings. The Morgan fingerprint density at radius 2 is 1.78 bits per heavy atom. The number of benzene rings is 2. The fraction of sp³-hybridized carbons (Fsp3) is 0.222. The summed E-state index contributed by atoms with van der Waals surface area (Å²) in [6, 6.07) is 10.3. The molecule has 0 unspecified atom stereocenters. The number of ketones is 1. The van der Waals surface area contributed by atoms with Crippen molar-refractivity contribution < 1.29 is 27.9 Å². The zero-order chi connectivity index (χ0) is 19.8. The van der Waals surface area contributed by atoms with Crippen molar-refractivity contribution in [1.82, 2.24) is 10.6 Å². The van der Waals surface area contributed by atoms with Crippen LogP contribution in [-0.4, -0.2) is 28.8 Å². The van der Waals surface area contributed by atoms with Gasteiger partial charge in [-0.25, -0.2) is 4.79 Å². The largest absolute Gasteiger partial charge is 0.437 e. The molecule has 3 N–H and O–H groups in total. The number of carbonyl (C=O) groups excluding carboxylic acids is 2. The molecule has 9 heteroatoms. The number of rotatable bonds is 3. The lowest BCUT2D eigenvalue weighted by Crippen LogP contribution is -2.72. The predicted octanol–water partition coefficient (Wildman–Crippen LogP) is 3.44. The molecule has 1 heterocycles. The average molecular weight is 399 g/mol. The van der Waals surface area contributed by atoms with Gasteiger partial charge in [-0.2, -0.15) is 13.2 Å². The van der Waals surface area contributed by atoms with E-state index in [4.69, 9.17) is 11.6 Å². The van der Waals surface area contributed by atoms with Crippen LogP contribution in [0.15, 0.2) is 54.6 Å². The Kier molecular flexibility index (Phi) is 4.88. The van der Waals surface area contributed by atoms with E-state index in [1.165, 1.54) is 53.8 Å². The van der Waals surface area contributed by atoms with Gasteiger partial charge in [0, 0.05) is 10.6 Å². The Morgan fingerprint density at radius 1 is 1.11 bits per heavy atom. The van der Waals surface area contributed by atoms with Crippen molar-refractivity contribution in [1.29, 1.82) is 0 Å². The van der Waals surface area contributed by atoms with Gasteiger partial charge in [-0.3, -0.25) is 4.79 Å². The van der Waals surface area contributed by atoms with E-state index in [2.05, 4.69) is 5.32 Å². The van der Waals surface area contributed by atoms with E-state index in [9.17, 15) is 27.9 Å². The van der Waals surface area contributed by atoms with Gasteiger partial charge >= 0.3 is 12.2 Å². The van der Waals surface area contributed by atoms with Crippen molar-refractivity contribution in [2.75, 3.05) is 0 Å². The third-order valence-corrected chi connectivity index (χ3v) is 4.59. The van der Waals surface area contributed by atoms with Crippen LogP contribution >= 0.6 is 11.6 Å². The molecule has 1 saturated heterocycles. The molecular weight excluding hydrogens is 385 g/mol. The van der Waals surface area contributed by atoms with E-state index in [-0.39, 0.29) is 16.1 Å². The molecule has 1 aliphatic heterocycles. The fourth-order valence-corrected chi connectivity index (χ4v) is 3.30. The van der Waals surface area contributed by atoms with Gasteiger partial charge < -0.3 is 15.7 Å². The van der Waals surface area contributed by atoms with E-state index in [0.29, 0.717) is 0 Å². The summed E-state index contributed by atoms with van der Waals surface area (Å²) in [4.78, 5) is 24.8. The number of urea groups is 1. The molecule has 2 amide bonds. The van der Waals surface area contributed by atoms with Crippen molar-refractivity contribution >= 4 is 23.4 Å². The summed E-state index contributed by atoms with van der Waals surface area (Å²) in [5.41, 5.74) is -3.63. The molecule has 0 aromatic heterocycles. The summed E-state index contributed by atoms with van der Waals surface area (Å²) in [6.07, 6.45) is -5.29. The normalized spacial score (nSPS) is 25.4. The van der Waals surface area contributed by atoms with Gasteiger partial charge in [0.1, 0.15) is 5.92 Å². The third-order valence-electron chi connectivity index (χ3n) is 4.35. The Balaban J connectivity index is 2.17. The maximum atomic E-state index is 13.7. The number of hydrogen-bond acceptors (Lipinski definition) is 3. The number of hydrogen-bond donors (Lipinski definition) is 3. The second kappa shape index (κ2) is 6.86. The standard InChI is InChI=1S/C18H14ClF3N2O3/c19-12-8-4-7-11(9-12)14-13(15(25)10-5-2-1-3-6-10)17(27,18(20,21)22)24-16(26)23-14/h1-9,13-14,27H,(H2,23,24,26)/t13-,14+,17+/m1/s1. The molecular formula is C18H14ClF3N2O3. The van der Waals surface area contributed by atoms with Crippen LogP contribution in [0, 0.1) is 5.92 Å². The van der Waals surface area contributed by atoms with Crippen LogP contribution in [0.3, 0.4) is 0 Å². The Morgan fingerprint density at radius 3 is 2.37 bits per heavy atom. The number of alkyl halides is 3. The molecule has 0 radical (unpaired) electrons. The first-order valence-corrected chi connectivity index (χ1v) is 8.24. The zero-order valence-corrected chi connectivity index (χ0v) is 14.4. The number of amides is 2. The van der Waals surface area contributed by atoms with Crippen LogP contribution in [0.2, 0.25) is 5.02 Å². The minimum atomic E-state index is -5.29. The van der Waals surface area contributed by atoms with Gasteiger partial charge in [0.05, 0.1) is 6.04 Å². The van der Waals surface area contributed by atoms with Gasteiger partial charge in [0.25, 0.3) is 0 Å². The summed E-state index contributed by atoms with van der Waals surface area (Å²) >= 11 is 5.91. The molecule has 3 rings (SSSR count). The molecule has 3 atom stereocenters. The summed E-state index contributed by atoms with van der Waals surface area (Å²) in [5, 5.41) is 14.4. The monoisotopic (exact) mass is 398 g/mol. The number of halogens is 4. The number of carbonyl (C=O) groups is 2. The van der Waals surface area contributed by atoms with Crippen LogP contribution in [0.5, 0.6) is 0 Å². The Hall–Kier alpha value is -2.58. The van der Waals surface area contributed by atoms with Gasteiger partial charge in [-0.05, 0) is 17.7 Å². The van der Waals surface area contributed by atoms with Crippen molar-refractivity contribution in [3.63, 3.8) is 0 Å². The van der Waals surface area contributed by atoms with Crippen molar-refractivity contribution in [2.24, 2.45) is 5.92 Å². The lowest BCUT2D eigenvalue weighted by Gasteiger charge is -2.45. The van der Waals surface area contributed by atoms with Crippen LogP contribution in [-0.2, 0) is 0 Å². The van der Waals surface area contributed by atoms with Crippen LogP contribution in [0.25, 0.3) is 0 Å². The van der Waals surface area contributed by atoms with E-state index in [0.717, 1.165) is 0 Å². The van der Waals surface area contributed by atoms with E-state index >= 15 is 0 Å². The zero-order valence-electron chi connectivity index (χ0n) is 13.6. The molecule has 2 aromatic carbocycles. The van der Waals surface area contributed by atoms with Crippen LogP contribution < -0.4 is 10.6 Å². The molecule has 142 valence electrons. The highest BCUT2D eigenvalue weighted by atomic mass is 35.5. The average Bonchev–Trinajstić information content (AvgIpc) is 2.60. The molecule has 0 aliphatic carbocycles. The summed E-state index contributed by atoms with van der Waals surface area (Å²) in [5.74, 6) is -3.05. The van der Waals surface area contributed by atoms with Gasteiger partial charge in [-0.1, -0.05) is 54.1 Å². The summed E-state index contributed by atoms with van der Waals surface area (Å²) < 4.78 is 41.2. The van der Waals surface area contributed by atoms with E-state index in [1.807, 2.05) is 0 Å². The van der Waals surface area contributed by atoms with Crippen molar-refractivity contribution in [3.8, 4) is 0 Å². The smallest absolute Gasteiger partial charge is 0.363 e. The Labute approximate surface area is 157 Å². The molecule has 0 spiro atoms. The first-order chi connectivity index (χ1) is 12.6. The topological polar surface area (TPSA) is 78.4 Å². The first kappa shape index (κ1) is 19.2. The lowest BCUT2D eigenvalue weighted by atomic mass is 9.77. The SMILES string of the molecule is O=C1N[C@@H](c2cccc(Cl)c2)[C@H](C(=O)c2ccccc2)[C@](O)(C(F)(F)F)N1. The third kappa shape index (κ3) is 3.50. The number of nitrogens with one attached hydrogen (secondary N) is 2. The first-order valence-electron chi connectivity index (χ1n) is 7.86. The van der Waals surface area contributed by atoms with E-state index in [1.54, 1.807) is 6.07 Å². The predicted molar refractivity (Wildman–Crippen MR) is 91.1 cm³/mol. The van der Waals surface area contributed by atoms with Gasteiger partial charge in [0.15, 0.2) is 5.78 Å². The molecule has 5 nitrogen and oxygen atoms in total. The summed E-state index contributed by atoms with van der Waals surface area (Å²) in [6.45, 7) is 0. The highest BCUT2D eigenvalue weighted by molar-refractivity contribution is 6.30. The van der Waals surface area contributed by atoms with Gasteiger partial charge in [0.2, 0.25) is 5.72 Å². The minimum absolute atomic E-state index is 0.0323. The number of Topliss-reactive ketones (excluding diaryl/α,β-unsaturated/α-hetero) is 1. The minimum Gasteiger partial charge on any atom is -0.363 e.